The maximum Gasteiger partial charge on any atom is 0.326 e. The Hall–Kier alpha value is -2.69. The van der Waals surface area contributed by atoms with Gasteiger partial charge >= 0.3 is 5.97 Å². The summed E-state index contributed by atoms with van der Waals surface area (Å²) in [5.41, 5.74) is 11.0. The summed E-state index contributed by atoms with van der Waals surface area (Å²) < 4.78 is 0. The van der Waals surface area contributed by atoms with Gasteiger partial charge in [0.25, 0.3) is 0 Å². The molecule has 0 fully saturated rings. The van der Waals surface area contributed by atoms with Crippen LogP contribution in [0.1, 0.15) is 60.8 Å². The predicted molar refractivity (Wildman–Crippen MR) is 119 cm³/mol. The van der Waals surface area contributed by atoms with Gasteiger partial charge in [-0.2, -0.15) is 0 Å². The molecule has 0 aromatic rings. The van der Waals surface area contributed by atoms with Crippen molar-refractivity contribution in [3.8, 4) is 0 Å². The minimum atomic E-state index is -1.52. The maximum atomic E-state index is 13.0. The smallest absolute Gasteiger partial charge is 0.326 e. The molecule has 11 nitrogen and oxygen atoms in total. The van der Waals surface area contributed by atoms with Gasteiger partial charge in [0.15, 0.2) is 0 Å². The summed E-state index contributed by atoms with van der Waals surface area (Å²) >= 11 is 0. The number of hydrogen-bond donors (Lipinski definition) is 6. The summed E-state index contributed by atoms with van der Waals surface area (Å²) in [6, 6.07) is -4.33. The Bertz CT molecular complexity index is 684. The Morgan fingerprint density at radius 2 is 1.25 bits per heavy atom. The van der Waals surface area contributed by atoms with Crippen molar-refractivity contribution < 1.29 is 29.1 Å². The molecule has 0 radical (unpaired) electrons. The van der Waals surface area contributed by atoms with Crippen LogP contribution in [0, 0.1) is 17.8 Å². The molecule has 0 aliphatic rings. The lowest BCUT2D eigenvalue weighted by Gasteiger charge is -2.29. The third-order valence-corrected chi connectivity index (χ3v) is 5.62. The van der Waals surface area contributed by atoms with Crippen molar-refractivity contribution in [1.29, 1.82) is 0 Å². The first kappa shape index (κ1) is 29.3. The Kier molecular flexibility index (Phi) is 12.5. The molecule has 0 aromatic carbocycles. The van der Waals surface area contributed by atoms with Crippen LogP contribution in [0.25, 0.3) is 0 Å². The third kappa shape index (κ3) is 9.21. The van der Waals surface area contributed by atoms with E-state index in [0.717, 1.165) is 0 Å². The van der Waals surface area contributed by atoms with Gasteiger partial charge in [-0.1, -0.05) is 54.4 Å². The summed E-state index contributed by atoms with van der Waals surface area (Å²) in [4.78, 5) is 60.7. The Labute approximate surface area is 189 Å². The van der Waals surface area contributed by atoms with Gasteiger partial charge in [-0.25, -0.2) is 4.79 Å². The zero-order valence-electron chi connectivity index (χ0n) is 19.8. The molecule has 0 saturated heterocycles. The summed E-state index contributed by atoms with van der Waals surface area (Å²) in [6.45, 7) is 10.7. The van der Waals surface area contributed by atoms with E-state index in [9.17, 15) is 29.1 Å². The van der Waals surface area contributed by atoms with Crippen molar-refractivity contribution in [2.45, 2.75) is 85.0 Å². The first-order valence-corrected chi connectivity index (χ1v) is 10.9. The third-order valence-electron chi connectivity index (χ3n) is 5.62. The van der Waals surface area contributed by atoms with Crippen molar-refractivity contribution >= 4 is 29.6 Å². The highest BCUT2D eigenvalue weighted by Crippen LogP contribution is 2.12. The van der Waals surface area contributed by atoms with E-state index in [2.05, 4.69) is 16.0 Å². The van der Waals surface area contributed by atoms with Crippen molar-refractivity contribution in [2.75, 3.05) is 0 Å². The molecule has 0 aromatic heterocycles. The number of amides is 4. The standard InChI is InChI=1S/C21H39N5O6/c1-7-11(5)15(23)18(28)26-17(12(6)8-2)20(30)25-16(10(3)4)19(29)24-13(21(31)32)9-14(22)27/h10-13,15-17H,7-9,23H2,1-6H3,(H2,22,27)(H,24,29)(H,25,30)(H,26,28)(H,31,32). The van der Waals surface area contributed by atoms with Crippen LogP contribution in [0.15, 0.2) is 0 Å². The fourth-order valence-electron chi connectivity index (χ4n) is 2.90. The molecule has 0 heterocycles. The molecule has 0 bridgehead atoms. The monoisotopic (exact) mass is 457 g/mol. The van der Waals surface area contributed by atoms with E-state index in [1.165, 1.54) is 0 Å². The second kappa shape index (κ2) is 13.7. The highest BCUT2D eigenvalue weighted by molar-refractivity contribution is 5.95. The summed E-state index contributed by atoms with van der Waals surface area (Å²) in [6.07, 6.45) is 0.689. The predicted octanol–water partition coefficient (Wildman–Crippen LogP) is -0.524. The highest BCUT2D eigenvalue weighted by atomic mass is 16.4. The van der Waals surface area contributed by atoms with Crippen LogP contribution < -0.4 is 27.4 Å². The number of carbonyl (C=O) groups excluding carboxylic acids is 4. The van der Waals surface area contributed by atoms with Gasteiger partial charge in [0.2, 0.25) is 23.6 Å². The van der Waals surface area contributed by atoms with E-state index in [4.69, 9.17) is 11.5 Å². The Morgan fingerprint density at radius 1 is 0.781 bits per heavy atom. The highest BCUT2D eigenvalue weighted by Gasteiger charge is 2.34. The average Bonchev–Trinajstić information content (AvgIpc) is 2.72. The van der Waals surface area contributed by atoms with E-state index in [1.54, 1.807) is 20.8 Å². The normalized spacial score (nSPS) is 16.8. The molecule has 8 N–H and O–H groups in total. The summed E-state index contributed by atoms with van der Waals surface area (Å²) in [5.74, 6) is -4.86. The van der Waals surface area contributed by atoms with E-state index in [1.807, 2.05) is 20.8 Å². The van der Waals surface area contributed by atoms with Crippen LogP contribution in [0.2, 0.25) is 0 Å². The average molecular weight is 458 g/mol. The first-order chi connectivity index (χ1) is 14.8. The maximum absolute atomic E-state index is 13.0. The lowest BCUT2D eigenvalue weighted by atomic mass is 9.94. The minimum absolute atomic E-state index is 0.0805. The molecule has 0 saturated carbocycles. The topological polar surface area (TPSA) is 194 Å². The van der Waals surface area contributed by atoms with Crippen molar-refractivity contribution in [3.05, 3.63) is 0 Å². The molecule has 6 atom stereocenters. The molecule has 11 heteroatoms. The SMILES string of the molecule is CCC(C)C(N)C(=O)NC(C(=O)NC(C(=O)NC(CC(N)=O)C(=O)O)C(C)C)C(C)CC. The molecule has 0 rings (SSSR count). The molecule has 0 spiro atoms. The second-order valence-corrected chi connectivity index (χ2v) is 8.58. The van der Waals surface area contributed by atoms with Gasteiger partial charge in [0, 0.05) is 0 Å². The van der Waals surface area contributed by atoms with Crippen LogP contribution in [-0.2, 0) is 24.0 Å². The number of nitrogens with two attached hydrogens (primary N) is 2. The number of carbonyl (C=O) groups is 5. The second-order valence-electron chi connectivity index (χ2n) is 8.58. The van der Waals surface area contributed by atoms with Crippen molar-refractivity contribution in [3.63, 3.8) is 0 Å². The Morgan fingerprint density at radius 3 is 1.66 bits per heavy atom. The lowest BCUT2D eigenvalue weighted by Crippen LogP contribution is -2.60. The zero-order chi connectivity index (χ0) is 25.2. The van der Waals surface area contributed by atoms with Crippen LogP contribution in [0.5, 0.6) is 0 Å². The van der Waals surface area contributed by atoms with Crippen molar-refractivity contribution in [1.82, 2.24) is 16.0 Å². The molecule has 0 aliphatic heterocycles. The van der Waals surface area contributed by atoms with Crippen LogP contribution in [-0.4, -0.2) is 58.9 Å². The molecule has 32 heavy (non-hydrogen) atoms. The van der Waals surface area contributed by atoms with Gasteiger partial charge < -0.3 is 32.5 Å². The van der Waals surface area contributed by atoms with Gasteiger partial charge in [-0.3, -0.25) is 19.2 Å². The van der Waals surface area contributed by atoms with E-state index in [-0.39, 0.29) is 11.8 Å². The largest absolute Gasteiger partial charge is 0.480 e. The first-order valence-electron chi connectivity index (χ1n) is 10.9. The zero-order valence-corrected chi connectivity index (χ0v) is 19.8. The molecular formula is C21H39N5O6. The Balaban J connectivity index is 5.53. The fourth-order valence-corrected chi connectivity index (χ4v) is 2.90. The van der Waals surface area contributed by atoms with Gasteiger partial charge in [-0.05, 0) is 17.8 Å². The number of aliphatic carboxylic acids is 1. The minimum Gasteiger partial charge on any atom is -0.480 e. The van der Waals surface area contributed by atoms with Gasteiger partial charge in [-0.15, -0.1) is 0 Å². The summed E-state index contributed by atoms with van der Waals surface area (Å²) in [7, 11) is 0. The lowest BCUT2D eigenvalue weighted by molar-refractivity contribution is -0.144. The van der Waals surface area contributed by atoms with Gasteiger partial charge in [0.05, 0.1) is 12.5 Å². The van der Waals surface area contributed by atoms with E-state index in [0.29, 0.717) is 12.8 Å². The van der Waals surface area contributed by atoms with Crippen LogP contribution >= 0.6 is 0 Å². The summed E-state index contributed by atoms with van der Waals surface area (Å²) in [5, 5.41) is 16.7. The van der Waals surface area contributed by atoms with Crippen LogP contribution in [0.3, 0.4) is 0 Å². The number of primary amides is 1. The van der Waals surface area contributed by atoms with Crippen molar-refractivity contribution in [2.24, 2.45) is 29.2 Å². The molecule has 4 amide bonds. The number of nitrogens with one attached hydrogen (secondary N) is 3. The number of carboxylic acid groups (broad SMARTS) is 1. The fraction of sp³-hybridized carbons (Fsp3) is 0.762. The molecule has 6 unspecified atom stereocenters. The quantitative estimate of drug-likeness (QED) is 0.202. The van der Waals surface area contributed by atoms with Crippen LogP contribution in [0.4, 0.5) is 0 Å². The number of rotatable bonds is 14. The van der Waals surface area contributed by atoms with E-state index >= 15 is 0 Å². The molecule has 0 aliphatic carbocycles. The number of carboxylic acids is 1. The molecular weight excluding hydrogens is 418 g/mol. The van der Waals surface area contributed by atoms with Gasteiger partial charge in [0.1, 0.15) is 18.1 Å². The van der Waals surface area contributed by atoms with E-state index < -0.39 is 66.1 Å². The molecule has 184 valence electrons. The number of hydrogen-bond acceptors (Lipinski definition) is 6.